The highest BCUT2D eigenvalue weighted by Crippen LogP contribution is 2.15. The van der Waals surface area contributed by atoms with Crippen molar-refractivity contribution in [3.05, 3.63) is 18.2 Å². The molecule has 0 aliphatic carbocycles. The van der Waals surface area contributed by atoms with Crippen LogP contribution in [0.2, 0.25) is 0 Å². The lowest BCUT2D eigenvalue weighted by molar-refractivity contribution is -0.135. The molecule has 84 valence electrons. The number of hydrogen-bond acceptors (Lipinski definition) is 5. The van der Waals surface area contributed by atoms with Crippen LogP contribution in [0.4, 0.5) is 5.82 Å². The van der Waals surface area contributed by atoms with Crippen LogP contribution >= 0.6 is 0 Å². The number of aromatic nitrogens is 4. The molecule has 0 radical (unpaired) electrons. The van der Waals surface area contributed by atoms with E-state index in [-0.39, 0.29) is 6.54 Å². The summed E-state index contributed by atoms with van der Waals surface area (Å²) in [6.07, 6.45) is 3.33. The number of fused-ring (bicyclic) bond motifs is 1. The van der Waals surface area contributed by atoms with E-state index >= 15 is 0 Å². The zero-order valence-electron chi connectivity index (χ0n) is 8.95. The Morgan fingerprint density at radius 2 is 2.31 bits per heavy atom. The van der Waals surface area contributed by atoms with Crippen LogP contribution in [0, 0.1) is 6.92 Å². The van der Waals surface area contributed by atoms with Crippen molar-refractivity contribution in [1.29, 1.82) is 0 Å². The van der Waals surface area contributed by atoms with E-state index in [9.17, 15) is 4.79 Å². The third-order valence-electron chi connectivity index (χ3n) is 2.21. The molecule has 2 heterocycles. The van der Waals surface area contributed by atoms with E-state index < -0.39 is 5.97 Å². The lowest BCUT2D eigenvalue weighted by Gasteiger charge is -2.15. The molecule has 1 N–H and O–H groups in total. The molecule has 0 saturated heterocycles. The van der Waals surface area contributed by atoms with Crippen molar-refractivity contribution in [3.63, 3.8) is 0 Å². The van der Waals surface area contributed by atoms with Gasteiger partial charge >= 0.3 is 5.97 Å². The fourth-order valence-electron chi connectivity index (χ4n) is 1.48. The summed E-state index contributed by atoms with van der Waals surface area (Å²) in [5, 5.41) is 16.6. The van der Waals surface area contributed by atoms with Gasteiger partial charge in [-0.1, -0.05) is 0 Å². The first kappa shape index (κ1) is 10.3. The number of anilines is 1. The smallest absolute Gasteiger partial charge is 0.323 e. The van der Waals surface area contributed by atoms with Gasteiger partial charge in [0, 0.05) is 19.4 Å². The van der Waals surface area contributed by atoms with Crippen molar-refractivity contribution in [2.24, 2.45) is 0 Å². The van der Waals surface area contributed by atoms with Crippen LogP contribution < -0.4 is 4.90 Å². The quantitative estimate of drug-likeness (QED) is 0.782. The zero-order valence-corrected chi connectivity index (χ0v) is 8.95. The molecule has 0 atom stereocenters. The molecule has 0 aliphatic heterocycles. The molecule has 7 nitrogen and oxygen atoms in total. The third-order valence-corrected chi connectivity index (χ3v) is 2.21. The molecule has 0 aromatic carbocycles. The summed E-state index contributed by atoms with van der Waals surface area (Å²) in [5.74, 6) is 0.329. The maximum Gasteiger partial charge on any atom is 0.323 e. The Morgan fingerprint density at radius 1 is 1.56 bits per heavy atom. The molecule has 7 heteroatoms. The van der Waals surface area contributed by atoms with Crippen LogP contribution in [0.1, 0.15) is 5.82 Å². The number of hydrogen-bond donors (Lipinski definition) is 1. The molecule has 0 aliphatic rings. The van der Waals surface area contributed by atoms with E-state index in [4.69, 9.17) is 5.11 Å². The summed E-state index contributed by atoms with van der Waals surface area (Å²) in [7, 11) is 1.65. The standard InChI is InChI=1S/C9H11N5O2/c1-6-11-12-9-8(10-3-4-14(6)9)13(2)5-7(15)16/h3-4H,5H2,1-2H3,(H,15,16). The second-order valence-corrected chi connectivity index (χ2v) is 3.44. The first-order valence-electron chi connectivity index (χ1n) is 4.69. The number of aryl methyl sites for hydroxylation is 1. The molecule has 2 aromatic heterocycles. The number of carbonyl (C=O) groups is 1. The van der Waals surface area contributed by atoms with Crippen LogP contribution in [-0.2, 0) is 4.79 Å². The Kier molecular flexibility index (Phi) is 2.43. The van der Waals surface area contributed by atoms with Crippen LogP contribution in [0.5, 0.6) is 0 Å². The zero-order chi connectivity index (χ0) is 11.7. The minimum atomic E-state index is -0.914. The van der Waals surface area contributed by atoms with Gasteiger partial charge in [-0.05, 0) is 6.92 Å². The molecular formula is C9H11N5O2. The van der Waals surface area contributed by atoms with Crippen LogP contribution in [0.15, 0.2) is 12.4 Å². The molecule has 0 unspecified atom stereocenters. The number of rotatable bonds is 3. The Morgan fingerprint density at radius 3 is 3.00 bits per heavy atom. The monoisotopic (exact) mass is 221 g/mol. The van der Waals surface area contributed by atoms with Crippen molar-refractivity contribution >= 4 is 17.4 Å². The van der Waals surface area contributed by atoms with Gasteiger partial charge in [-0.25, -0.2) is 4.98 Å². The van der Waals surface area contributed by atoms with E-state index in [1.54, 1.807) is 23.8 Å². The normalized spacial score (nSPS) is 10.6. The molecular weight excluding hydrogens is 210 g/mol. The predicted molar refractivity (Wildman–Crippen MR) is 56.4 cm³/mol. The Bertz CT molecular complexity index is 536. The largest absolute Gasteiger partial charge is 0.480 e. The van der Waals surface area contributed by atoms with Gasteiger partial charge < -0.3 is 10.0 Å². The van der Waals surface area contributed by atoms with Crippen molar-refractivity contribution in [1.82, 2.24) is 19.6 Å². The van der Waals surface area contributed by atoms with Gasteiger partial charge in [-0.15, -0.1) is 10.2 Å². The highest BCUT2D eigenvalue weighted by atomic mass is 16.4. The van der Waals surface area contributed by atoms with Crippen molar-refractivity contribution in [3.8, 4) is 0 Å². The lowest BCUT2D eigenvalue weighted by Crippen LogP contribution is -2.26. The Labute approximate surface area is 91.4 Å². The summed E-state index contributed by atoms with van der Waals surface area (Å²) < 4.78 is 1.76. The van der Waals surface area contributed by atoms with Gasteiger partial charge in [0.25, 0.3) is 0 Å². The van der Waals surface area contributed by atoms with Gasteiger partial charge in [-0.2, -0.15) is 0 Å². The van der Waals surface area contributed by atoms with E-state index in [1.165, 1.54) is 4.90 Å². The number of likely N-dealkylation sites (N-methyl/N-ethyl adjacent to an activating group) is 1. The van der Waals surface area contributed by atoms with Crippen LogP contribution in [0.25, 0.3) is 5.65 Å². The summed E-state index contributed by atoms with van der Waals surface area (Å²) in [5.41, 5.74) is 0.559. The van der Waals surface area contributed by atoms with Crippen LogP contribution in [0.3, 0.4) is 0 Å². The average molecular weight is 221 g/mol. The fraction of sp³-hybridized carbons (Fsp3) is 0.333. The first-order chi connectivity index (χ1) is 7.59. The lowest BCUT2D eigenvalue weighted by atomic mass is 10.5. The van der Waals surface area contributed by atoms with Crippen LogP contribution in [-0.4, -0.2) is 44.3 Å². The molecule has 0 spiro atoms. The minimum Gasteiger partial charge on any atom is -0.480 e. The molecule has 0 bridgehead atoms. The number of aliphatic carboxylic acids is 1. The summed E-state index contributed by atoms with van der Waals surface area (Å²) in [6.45, 7) is 1.69. The summed E-state index contributed by atoms with van der Waals surface area (Å²) in [4.78, 5) is 16.2. The molecule has 0 fully saturated rings. The number of carboxylic acid groups (broad SMARTS) is 1. The second-order valence-electron chi connectivity index (χ2n) is 3.44. The average Bonchev–Trinajstić information content (AvgIpc) is 2.59. The predicted octanol–water partition coefficient (Wildman–Crippen LogP) is -0.0465. The molecule has 0 saturated carbocycles. The van der Waals surface area contributed by atoms with Crippen molar-refractivity contribution in [2.75, 3.05) is 18.5 Å². The van der Waals surface area contributed by atoms with Gasteiger partial charge in [0.05, 0.1) is 0 Å². The maximum atomic E-state index is 10.6. The SMILES string of the molecule is Cc1nnc2c(N(C)CC(=O)O)nccn12. The summed E-state index contributed by atoms with van der Waals surface area (Å²) >= 11 is 0. The first-order valence-corrected chi connectivity index (χ1v) is 4.69. The molecule has 16 heavy (non-hydrogen) atoms. The Hall–Kier alpha value is -2.18. The third kappa shape index (κ3) is 1.67. The van der Waals surface area contributed by atoms with Crippen molar-refractivity contribution < 1.29 is 9.90 Å². The van der Waals surface area contributed by atoms with E-state index in [1.807, 2.05) is 6.92 Å². The second kappa shape index (κ2) is 3.76. The van der Waals surface area contributed by atoms with Gasteiger partial charge in [-0.3, -0.25) is 9.20 Å². The van der Waals surface area contributed by atoms with Gasteiger partial charge in [0.2, 0.25) is 5.65 Å². The molecule has 0 amide bonds. The highest BCUT2D eigenvalue weighted by molar-refractivity contribution is 5.75. The topological polar surface area (TPSA) is 83.6 Å². The van der Waals surface area contributed by atoms with E-state index in [0.29, 0.717) is 11.5 Å². The van der Waals surface area contributed by atoms with Crippen molar-refractivity contribution in [2.45, 2.75) is 6.92 Å². The molecule has 2 rings (SSSR count). The Balaban J connectivity index is 2.48. The summed E-state index contributed by atoms with van der Waals surface area (Å²) in [6, 6.07) is 0. The fourth-order valence-corrected chi connectivity index (χ4v) is 1.48. The maximum absolute atomic E-state index is 10.6. The number of nitrogens with zero attached hydrogens (tertiary/aromatic N) is 5. The minimum absolute atomic E-state index is 0.126. The molecule has 2 aromatic rings. The van der Waals surface area contributed by atoms with Gasteiger partial charge in [0.1, 0.15) is 12.4 Å². The van der Waals surface area contributed by atoms with E-state index in [2.05, 4.69) is 15.2 Å². The van der Waals surface area contributed by atoms with E-state index in [0.717, 1.165) is 5.82 Å². The number of carboxylic acids is 1. The highest BCUT2D eigenvalue weighted by Gasteiger charge is 2.13. The van der Waals surface area contributed by atoms with Gasteiger partial charge in [0.15, 0.2) is 5.82 Å².